The Bertz CT molecular complexity index is 440. The zero-order valence-corrected chi connectivity index (χ0v) is 12.5. The second-order valence-corrected chi connectivity index (χ2v) is 4.70. The van der Waals surface area contributed by atoms with Gasteiger partial charge in [-0.25, -0.2) is 9.18 Å². The number of carbonyl (C=O) groups is 3. The molecule has 0 amide bonds. The Kier molecular flexibility index (Phi) is 6.24. The summed E-state index contributed by atoms with van der Waals surface area (Å²) in [6, 6.07) is 0. The lowest BCUT2D eigenvalue weighted by atomic mass is 10.1. The lowest BCUT2D eigenvalue weighted by Gasteiger charge is -2.26. The van der Waals surface area contributed by atoms with Crippen molar-refractivity contribution in [2.45, 2.75) is 51.4 Å². The van der Waals surface area contributed by atoms with E-state index in [0.29, 0.717) is 0 Å². The van der Waals surface area contributed by atoms with Gasteiger partial charge in [-0.2, -0.15) is 0 Å². The molecule has 0 aromatic carbocycles. The van der Waals surface area contributed by atoms with Gasteiger partial charge in [0, 0.05) is 13.8 Å². The first-order valence-electron chi connectivity index (χ1n) is 6.72. The molecule has 1 unspecified atom stereocenters. The van der Waals surface area contributed by atoms with Crippen LogP contribution >= 0.6 is 0 Å². The van der Waals surface area contributed by atoms with Gasteiger partial charge in [0.1, 0.15) is 12.2 Å². The fourth-order valence-corrected chi connectivity index (χ4v) is 2.17. The second kappa shape index (κ2) is 7.50. The van der Waals surface area contributed by atoms with E-state index in [1.54, 1.807) is 0 Å². The van der Waals surface area contributed by atoms with Crippen LogP contribution in [0.4, 0.5) is 4.39 Å². The molecule has 0 saturated carbocycles. The molecule has 1 saturated heterocycles. The normalized spacial score (nSPS) is 28.8. The molecule has 1 rings (SSSR count). The highest BCUT2D eigenvalue weighted by molar-refractivity contribution is 5.82. The van der Waals surface area contributed by atoms with Crippen molar-refractivity contribution < 1.29 is 42.8 Å². The highest BCUT2D eigenvalue weighted by Crippen LogP contribution is 2.37. The van der Waals surface area contributed by atoms with Crippen LogP contribution in [0.2, 0.25) is 0 Å². The van der Waals surface area contributed by atoms with Crippen molar-refractivity contribution in [3.05, 3.63) is 0 Å². The third-order valence-electron chi connectivity index (χ3n) is 2.91. The monoisotopic (exact) mass is 322 g/mol. The molecule has 1 aliphatic heterocycles. The van der Waals surface area contributed by atoms with Crippen LogP contribution in [0.5, 0.6) is 0 Å². The average molecular weight is 322 g/mol. The first kappa shape index (κ1) is 18.3. The van der Waals surface area contributed by atoms with Crippen LogP contribution in [0.15, 0.2) is 0 Å². The van der Waals surface area contributed by atoms with Crippen molar-refractivity contribution in [2.75, 3.05) is 13.2 Å². The molecule has 22 heavy (non-hydrogen) atoms. The highest BCUT2D eigenvalue weighted by Gasteiger charge is 2.59. The lowest BCUT2D eigenvalue weighted by Crippen LogP contribution is -2.45. The van der Waals surface area contributed by atoms with Crippen LogP contribution < -0.4 is 0 Å². The van der Waals surface area contributed by atoms with Gasteiger partial charge in [0.2, 0.25) is 0 Å². The molecule has 1 aliphatic rings. The molecule has 0 radical (unpaired) electrons. The predicted octanol–water partition coefficient (Wildman–Crippen LogP) is -0.140. The Hall–Kier alpha value is -1.74. The number of ether oxygens (including phenoxy) is 4. The number of aliphatic hydroxyl groups excluding tert-OH is 1. The molecule has 1 heterocycles. The molecule has 4 atom stereocenters. The van der Waals surface area contributed by atoms with Crippen molar-refractivity contribution in [3.63, 3.8) is 0 Å². The summed E-state index contributed by atoms with van der Waals surface area (Å²) in [6.07, 6.45) is -5.02. The van der Waals surface area contributed by atoms with Gasteiger partial charge < -0.3 is 24.1 Å². The van der Waals surface area contributed by atoms with E-state index < -0.39 is 55.1 Å². The van der Waals surface area contributed by atoms with Crippen molar-refractivity contribution in [3.8, 4) is 0 Å². The summed E-state index contributed by atoms with van der Waals surface area (Å²) >= 11 is 0. The topological polar surface area (TPSA) is 108 Å². The van der Waals surface area contributed by atoms with E-state index in [9.17, 15) is 18.8 Å². The van der Waals surface area contributed by atoms with E-state index >= 15 is 0 Å². The summed E-state index contributed by atoms with van der Waals surface area (Å²) in [5, 5.41) is 8.92. The smallest absolute Gasteiger partial charge is 0.379 e. The Labute approximate surface area is 126 Å². The number of alkyl halides is 1. The van der Waals surface area contributed by atoms with Crippen LogP contribution in [0.3, 0.4) is 0 Å². The van der Waals surface area contributed by atoms with E-state index in [1.807, 2.05) is 0 Å². The average Bonchev–Trinajstić information content (AvgIpc) is 2.76. The number of hydrogen-bond acceptors (Lipinski definition) is 8. The van der Waals surface area contributed by atoms with E-state index in [4.69, 9.17) is 24.1 Å². The summed E-state index contributed by atoms with van der Waals surface area (Å²) in [7, 11) is 0. The fraction of sp³-hybridized carbons (Fsp3) is 0.769. The Morgan fingerprint density at radius 3 is 2.45 bits per heavy atom. The Morgan fingerprint density at radius 2 is 2.00 bits per heavy atom. The van der Waals surface area contributed by atoms with Gasteiger partial charge in [-0.15, -0.1) is 0 Å². The number of aliphatic hydroxyl groups is 1. The first-order chi connectivity index (χ1) is 10.3. The number of hydrogen-bond donors (Lipinski definition) is 1. The van der Waals surface area contributed by atoms with Crippen molar-refractivity contribution in [1.29, 1.82) is 0 Å². The third kappa shape index (κ3) is 4.14. The minimum atomic E-state index is -2.20. The molecule has 8 nitrogen and oxygen atoms in total. The van der Waals surface area contributed by atoms with Gasteiger partial charge in [-0.1, -0.05) is 0 Å². The molecule has 0 aromatic heterocycles. The van der Waals surface area contributed by atoms with Gasteiger partial charge in [0.05, 0.1) is 19.6 Å². The zero-order chi connectivity index (χ0) is 16.9. The Morgan fingerprint density at radius 1 is 1.36 bits per heavy atom. The fourth-order valence-electron chi connectivity index (χ4n) is 2.17. The maximum absolute atomic E-state index is 13.8. The summed E-state index contributed by atoms with van der Waals surface area (Å²) in [5.41, 5.74) is 0. The molecular weight excluding hydrogens is 303 g/mol. The summed E-state index contributed by atoms with van der Waals surface area (Å²) < 4.78 is 33.6. The standard InChI is InChI=1S/C13H19FO8/c1-4-19-12(18)13(21-8(3)17)5-10(20-7(2)16)11(22-13)9(14)6-15/h9-11,15H,4-6H2,1-3H3/t9?,10-,11+,13-/m0/s1. The largest absolute Gasteiger partial charge is 0.461 e. The van der Waals surface area contributed by atoms with Gasteiger partial charge in [-0.3, -0.25) is 9.59 Å². The predicted molar refractivity (Wildman–Crippen MR) is 68.2 cm³/mol. The lowest BCUT2D eigenvalue weighted by molar-refractivity contribution is -0.241. The quantitative estimate of drug-likeness (QED) is 0.532. The van der Waals surface area contributed by atoms with Crippen molar-refractivity contribution >= 4 is 17.9 Å². The SMILES string of the molecule is CCOC(=O)[C@]1(OC(C)=O)C[C@H](OC(C)=O)[C@@H](C(F)CO)O1. The molecule has 0 spiro atoms. The van der Waals surface area contributed by atoms with Crippen LogP contribution in [0, 0.1) is 0 Å². The molecule has 9 heteroatoms. The van der Waals surface area contributed by atoms with E-state index in [0.717, 1.165) is 13.8 Å². The van der Waals surface area contributed by atoms with Crippen LogP contribution in [-0.4, -0.2) is 60.4 Å². The van der Waals surface area contributed by atoms with Gasteiger partial charge >= 0.3 is 23.7 Å². The molecule has 1 fully saturated rings. The van der Waals surface area contributed by atoms with Crippen molar-refractivity contribution in [1.82, 2.24) is 0 Å². The molecule has 126 valence electrons. The number of esters is 3. The second-order valence-electron chi connectivity index (χ2n) is 4.70. The first-order valence-corrected chi connectivity index (χ1v) is 6.72. The van der Waals surface area contributed by atoms with Crippen LogP contribution in [0.1, 0.15) is 27.2 Å². The number of halogens is 1. The van der Waals surface area contributed by atoms with Gasteiger partial charge in [-0.05, 0) is 6.92 Å². The third-order valence-corrected chi connectivity index (χ3v) is 2.91. The minimum Gasteiger partial charge on any atom is -0.461 e. The Balaban J connectivity index is 3.09. The van der Waals surface area contributed by atoms with E-state index in [1.165, 1.54) is 6.92 Å². The molecule has 0 aliphatic carbocycles. The minimum absolute atomic E-state index is 0.0207. The van der Waals surface area contributed by atoms with E-state index in [2.05, 4.69) is 0 Å². The summed E-state index contributed by atoms with van der Waals surface area (Å²) in [4.78, 5) is 34.4. The number of carbonyl (C=O) groups excluding carboxylic acids is 3. The molecular formula is C13H19FO8. The maximum atomic E-state index is 13.8. The van der Waals surface area contributed by atoms with Crippen molar-refractivity contribution in [2.24, 2.45) is 0 Å². The highest BCUT2D eigenvalue weighted by atomic mass is 19.1. The van der Waals surface area contributed by atoms with Gasteiger partial charge in [0.15, 0.2) is 6.17 Å². The molecule has 0 aromatic rings. The van der Waals surface area contributed by atoms with Gasteiger partial charge in [0.25, 0.3) is 0 Å². The molecule has 1 N–H and O–H groups in total. The summed E-state index contributed by atoms with van der Waals surface area (Å²) in [6.45, 7) is 2.73. The van der Waals surface area contributed by atoms with Crippen LogP contribution in [0.25, 0.3) is 0 Å². The summed E-state index contributed by atoms with van der Waals surface area (Å²) in [5.74, 6) is -4.82. The maximum Gasteiger partial charge on any atom is 0.379 e. The zero-order valence-electron chi connectivity index (χ0n) is 12.5. The number of rotatable bonds is 6. The van der Waals surface area contributed by atoms with Crippen LogP contribution in [-0.2, 0) is 33.3 Å². The molecule has 0 bridgehead atoms. The van der Waals surface area contributed by atoms with E-state index in [-0.39, 0.29) is 6.61 Å².